The van der Waals surface area contributed by atoms with Crippen molar-refractivity contribution in [2.24, 2.45) is 17.8 Å². The van der Waals surface area contributed by atoms with Crippen LogP contribution in [-0.2, 0) is 9.47 Å². The third kappa shape index (κ3) is 6.38. The highest BCUT2D eigenvalue weighted by Crippen LogP contribution is 2.49. The van der Waals surface area contributed by atoms with Crippen LogP contribution in [0.1, 0.15) is 51.4 Å². The fraction of sp³-hybridized carbons (Fsp3) is 0.810. The molecule has 150 valence electrons. The molecule has 0 heterocycles. The highest BCUT2D eigenvalue weighted by Gasteiger charge is 2.46. The monoisotopic (exact) mass is 368 g/mol. The maximum absolute atomic E-state index is 10.5. The van der Waals surface area contributed by atoms with Crippen LogP contribution in [0.3, 0.4) is 0 Å². The van der Waals surface area contributed by atoms with Crippen molar-refractivity contribution in [2.45, 2.75) is 57.5 Å². The summed E-state index contributed by atoms with van der Waals surface area (Å²) in [7, 11) is 1.73. The normalized spacial score (nSPS) is 28.4. The van der Waals surface area contributed by atoms with E-state index in [2.05, 4.69) is 6.08 Å². The van der Waals surface area contributed by atoms with Crippen LogP contribution in [-0.4, -0.2) is 55.0 Å². The smallest absolute Gasteiger partial charge is 0.0945 e. The fourth-order valence-electron chi connectivity index (χ4n) is 4.38. The molecule has 26 heavy (non-hydrogen) atoms. The Labute approximate surface area is 157 Å². The van der Waals surface area contributed by atoms with Gasteiger partial charge in [-0.2, -0.15) is 0 Å². The van der Waals surface area contributed by atoms with Crippen molar-refractivity contribution in [2.75, 3.05) is 33.5 Å². The number of methoxy groups -OCH3 is 1. The molecule has 0 spiro atoms. The number of fused-ring (bicyclic) bond motifs is 1. The molecule has 0 bridgehead atoms. The Morgan fingerprint density at radius 1 is 1.19 bits per heavy atom. The summed E-state index contributed by atoms with van der Waals surface area (Å²) in [5, 5.41) is 29.7. The van der Waals surface area contributed by atoms with Crippen molar-refractivity contribution in [3.05, 3.63) is 23.5 Å². The van der Waals surface area contributed by atoms with Crippen molar-refractivity contribution in [3.63, 3.8) is 0 Å². The molecule has 3 N–H and O–H groups in total. The Kier molecular flexibility index (Phi) is 9.68. The molecule has 0 aliphatic heterocycles. The van der Waals surface area contributed by atoms with Gasteiger partial charge in [-0.3, -0.25) is 0 Å². The van der Waals surface area contributed by atoms with Gasteiger partial charge in [0.05, 0.1) is 31.7 Å². The quantitative estimate of drug-likeness (QED) is 0.264. The van der Waals surface area contributed by atoms with Gasteiger partial charge in [-0.25, -0.2) is 0 Å². The highest BCUT2D eigenvalue weighted by atomic mass is 16.5. The molecule has 5 heteroatoms. The molecule has 0 unspecified atom stereocenters. The lowest BCUT2D eigenvalue weighted by Gasteiger charge is -2.19. The summed E-state index contributed by atoms with van der Waals surface area (Å²) in [5.74, 6) is 0.906. The molecule has 1 saturated carbocycles. The van der Waals surface area contributed by atoms with Crippen LogP contribution >= 0.6 is 0 Å². The zero-order valence-corrected chi connectivity index (χ0v) is 16.1. The molecule has 0 aromatic heterocycles. The van der Waals surface area contributed by atoms with Gasteiger partial charge in [0.15, 0.2) is 0 Å². The summed E-state index contributed by atoms with van der Waals surface area (Å²) in [6.07, 6.45) is 11.7. The van der Waals surface area contributed by atoms with Crippen molar-refractivity contribution in [1.29, 1.82) is 0 Å². The van der Waals surface area contributed by atoms with E-state index in [9.17, 15) is 10.2 Å². The average Bonchev–Trinajstić information content (AvgIpc) is 3.13. The van der Waals surface area contributed by atoms with Gasteiger partial charge in [-0.05, 0) is 56.4 Å². The van der Waals surface area contributed by atoms with Crippen LogP contribution in [0.15, 0.2) is 23.5 Å². The van der Waals surface area contributed by atoms with Gasteiger partial charge in [-0.1, -0.05) is 24.5 Å². The third-order valence-corrected chi connectivity index (χ3v) is 5.67. The molecule has 2 aliphatic carbocycles. The van der Waals surface area contributed by atoms with Crippen LogP contribution < -0.4 is 0 Å². The lowest BCUT2D eigenvalue weighted by atomic mass is 9.90. The number of allylic oxidation sites excluding steroid dienone is 2. The molecule has 0 aromatic rings. The first kappa shape index (κ1) is 21.4. The predicted molar refractivity (Wildman–Crippen MR) is 102 cm³/mol. The van der Waals surface area contributed by atoms with Crippen molar-refractivity contribution < 1.29 is 24.8 Å². The second kappa shape index (κ2) is 11.8. The number of hydrogen-bond acceptors (Lipinski definition) is 5. The van der Waals surface area contributed by atoms with Crippen LogP contribution in [0.25, 0.3) is 0 Å². The van der Waals surface area contributed by atoms with Crippen LogP contribution in [0, 0.1) is 17.8 Å². The Morgan fingerprint density at radius 2 is 2.00 bits per heavy atom. The standard InChI is InChI=1S/C21H36O5/c1-25-10-6-4-2-3-5-7-19(23)21-18-14-16(8-11-26-12-9-22)13-17(18)15-20(21)24/h7,14,17-18,20-24H,2-6,8-13,15H2,1H3/t17-,18-,20-,21+/m1/s1. The SMILES string of the molecule is COCCCCCCC=C(O)[C@@H]1[C@@H]2C=C(CCOCCO)C[C@@H]2C[C@H]1O. The van der Waals surface area contributed by atoms with E-state index in [0.29, 0.717) is 24.9 Å². The minimum absolute atomic E-state index is 0.0591. The van der Waals surface area contributed by atoms with Crippen molar-refractivity contribution >= 4 is 0 Å². The molecule has 0 aromatic carbocycles. The van der Waals surface area contributed by atoms with E-state index in [1.165, 1.54) is 5.57 Å². The Morgan fingerprint density at radius 3 is 2.77 bits per heavy atom. The summed E-state index contributed by atoms with van der Waals surface area (Å²) in [5.41, 5.74) is 1.36. The Hall–Kier alpha value is -0.880. The number of rotatable bonds is 13. The minimum Gasteiger partial charge on any atom is -0.512 e. The van der Waals surface area contributed by atoms with E-state index < -0.39 is 6.10 Å². The molecule has 2 aliphatic rings. The fourth-order valence-corrected chi connectivity index (χ4v) is 4.38. The molecular weight excluding hydrogens is 332 g/mol. The number of ether oxygens (including phenoxy) is 2. The van der Waals surface area contributed by atoms with Gasteiger partial charge in [0.1, 0.15) is 0 Å². The van der Waals surface area contributed by atoms with Gasteiger partial charge in [0, 0.05) is 19.6 Å². The number of aliphatic hydroxyl groups is 3. The van der Waals surface area contributed by atoms with Crippen LogP contribution in [0.2, 0.25) is 0 Å². The lowest BCUT2D eigenvalue weighted by Crippen LogP contribution is -2.20. The van der Waals surface area contributed by atoms with E-state index >= 15 is 0 Å². The van der Waals surface area contributed by atoms with E-state index in [4.69, 9.17) is 14.6 Å². The maximum Gasteiger partial charge on any atom is 0.0945 e. The topological polar surface area (TPSA) is 79.2 Å². The molecule has 4 atom stereocenters. The van der Waals surface area contributed by atoms with E-state index in [-0.39, 0.29) is 18.4 Å². The first-order valence-electron chi connectivity index (χ1n) is 10.1. The van der Waals surface area contributed by atoms with E-state index in [1.54, 1.807) is 7.11 Å². The number of unbranched alkanes of at least 4 members (excludes halogenated alkanes) is 4. The van der Waals surface area contributed by atoms with E-state index in [1.807, 2.05) is 6.08 Å². The summed E-state index contributed by atoms with van der Waals surface area (Å²) < 4.78 is 10.4. The summed E-state index contributed by atoms with van der Waals surface area (Å²) in [6, 6.07) is 0. The van der Waals surface area contributed by atoms with Gasteiger partial charge >= 0.3 is 0 Å². The first-order valence-corrected chi connectivity index (χ1v) is 10.1. The van der Waals surface area contributed by atoms with Crippen molar-refractivity contribution in [3.8, 4) is 0 Å². The maximum atomic E-state index is 10.5. The second-order valence-corrected chi connectivity index (χ2v) is 7.61. The summed E-state index contributed by atoms with van der Waals surface area (Å²) in [4.78, 5) is 0. The van der Waals surface area contributed by atoms with Gasteiger partial charge in [-0.15, -0.1) is 0 Å². The molecule has 0 saturated heterocycles. The molecule has 1 fully saturated rings. The lowest BCUT2D eigenvalue weighted by molar-refractivity contribution is 0.0938. The van der Waals surface area contributed by atoms with Gasteiger partial charge in [0.25, 0.3) is 0 Å². The first-order chi connectivity index (χ1) is 12.7. The molecule has 5 nitrogen and oxygen atoms in total. The summed E-state index contributed by atoms with van der Waals surface area (Å²) in [6.45, 7) is 1.89. The van der Waals surface area contributed by atoms with Gasteiger partial charge in [0.2, 0.25) is 0 Å². The van der Waals surface area contributed by atoms with Crippen molar-refractivity contribution in [1.82, 2.24) is 0 Å². The van der Waals surface area contributed by atoms with Crippen LogP contribution in [0.5, 0.6) is 0 Å². The predicted octanol–water partition coefficient (Wildman–Crippen LogP) is 3.37. The highest BCUT2D eigenvalue weighted by molar-refractivity contribution is 5.22. The van der Waals surface area contributed by atoms with Gasteiger partial charge < -0.3 is 24.8 Å². The zero-order chi connectivity index (χ0) is 18.8. The minimum atomic E-state index is -0.439. The largest absolute Gasteiger partial charge is 0.512 e. The van der Waals surface area contributed by atoms with E-state index in [0.717, 1.165) is 58.0 Å². The molecule has 0 radical (unpaired) electrons. The molecular formula is C21H36O5. The molecule has 0 amide bonds. The average molecular weight is 369 g/mol. The zero-order valence-electron chi connectivity index (χ0n) is 16.1. The third-order valence-electron chi connectivity index (χ3n) is 5.67. The number of aliphatic hydroxyl groups excluding tert-OH is 3. The molecule has 2 rings (SSSR count). The summed E-state index contributed by atoms with van der Waals surface area (Å²) >= 11 is 0. The number of hydrogen-bond donors (Lipinski definition) is 3. The second-order valence-electron chi connectivity index (χ2n) is 7.61. The Bertz CT molecular complexity index is 459. The van der Waals surface area contributed by atoms with Crippen LogP contribution in [0.4, 0.5) is 0 Å². The Balaban J connectivity index is 1.78.